The highest BCUT2D eigenvalue weighted by Crippen LogP contribution is 2.28. The minimum absolute atomic E-state index is 0.328. The van der Waals surface area contributed by atoms with Gasteiger partial charge in [0.25, 0.3) is 0 Å². The zero-order valence-corrected chi connectivity index (χ0v) is 9.02. The summed E-state index contributed by atoms with van der Waals surface area (Å²) in [6.07, 6.45) is 1.55. The molecule has 5 heteroatoms. The van der Waals surface area contributed by atoms with E-state index in [9.17, 15) is 4.79 Å². The van der Waals surface area contributed by atoms with Gasteiger partial charge in [-0.2, -0.15) is 0 Å². The molecule has 0 aliphatic carbocycles. The first kappa shape index (κ1) is 9.36. The van der Waals surface area contributed by atoms with Crippen LogP contribution in [0.3, 0.4) is 0 Å². The maximum atomic E-state index is 11.1. The van der Waals surface area contributed by atoms with Crippen molar-refractivity contribution >= 4 is 28.6 Å². The van der Waals surface area contributed by atoms with Crippen LogP contribution in [0.5, 0.6) is 0 Å². The van der Waals surface area contributed by atoms with Crippen molar-refractivity contribution in [3.8, 4) is 9.88 Å². The Balaban J connectivity index is 2.31. The molecule has 0 aromatic carbocycles. The molecule has 2 aromatic heterocycles. The number of carbonyl (C=O) groups is 1. The van der Waals surface area contributed by atoms with Crippen molar-refractivity contribution in [1.82, 2.24) is 4.98 Å². The Labute approximate surface area is 89.0 Å². The molecule has 0 saturated heterocycles. The van der Waals surface area contributed by atoms with E-state index >= 15 is 0 Å². The van der Waals surface area contributed by atoms with Gasteiger partial charge in [-0.3, -0.25) is 0 Å². The zero-order valence-electron chi connectivity index (χ0n) is 7.39. The second-order valence-corrected chi connectivity index (χ2v) is 4.48. The van der Waals surface area contributed by atoms with Crippen molar-refractivity contribution < 1.29 is 9.53 Å². The highest BCUT2D eigenvalue weighted by atomic mass is 32.1. The summed E-state index contributed by atoms with van der Waals surface area (Å²) < 4.78 is 4.60. The average Bonchev–Trinajstić information content (AvgIpc) is 2.86. The van der Waals surface area contributed by atoms with Crippen molar-refractivity contribution in [2.45, 2.75) is 0 Å². The van der Waals surface area contributed by atoms with Gasteiger partial charge in [-0.1, -0.05) is 6.07 Å². The van der Waals surface area contributed by atoms with Gasteiger partial charge >= 0.3 is 5.97 Å². The molecule has 0 saturated carbocycles. The lowest BCUT2D eigenvalue weighted by Gasteiger charge is -1.90. The maximum Gasteiger partial charge on any atom is 0.349 e. The molecule has 0 atom stereocenters. The van der Waals surface area contributed by atoms with Gasteiger partial charge in [0.2, 0.25) is 0 Å². The van der Waals surface area contributed by atoms with Crippen LogP contribution in [0, 0.1) is 0 Å². The van der Waals surface area contributed by atoms with E-state index in [0.717, 1.165) is 9.88 Å². The standard InChI is InChI=1S/C9H7NO2S2/c1-12-9(11)7-5-10-8(14-7)6-3-2-4-13-6/h2-5H,1H3. The molecule has 2 rings (SSSR count). The second-order valence-electron chi connectivity index (χ2n) is 2.50. The first-order valence-electron chi connectivity index (χ1n) is 3.89. The number of thiophene rings is 1. The molecule has 0 spiro atoms. The third kappa shape index (κ3) is 1.69. The molecule has 0 aliphatic heterocycles. The molecule has 0 radical (unpaired) electrons. The van der Waals surface area contributed by atoms with Crippen LogP contribution in [0.2, 0.25) is 0 Å². The monoisotopic (exact) mass is 225 g/mol. The van der Waals surface area contributed by atoms with Gasteiger partial charge in [0.05, 0.1) is 18.2 Å². The van der Waals surface area contributed by atoms with Gasteiger partial charge in [0, 0.05) is 0 Å². The number of nitrogens with zero attached hydrogens (tertiary/aromatic N) is 1. The molecule has 0 aliphatic rings. The molecule has 2 heterocycles. The van der Waals surface area contributed by atoms with Crippen LogP contribution in [0.4, 0.5) is 0 Å². The van der Waals surface area contributed by atoms with Crippen molar-refractivity contribution in [3.63, 3.8) is 0 Å². The number of aromatic nitrogens is 1. The lowest BCUT2D eigenvalue weighted by atomic mass is 10.5. The Hall–Kier alpha value is -1.20. The summed E-state index contributed by atoms with van der Waals surface area (Å²) in [4.78, 5) is 16.9. The number of hydrogen-bond donors (Lipinski definition) is 0. The molecule has 3 nitrogen and oxygen atoms in total. The number of hydrogen-bond acceptors (Lipinski definition) is 5. The van der Waals surface area contributed by atoms with E-state index in [1.807, 2.05) is 17.5 Å². The second kappa shape index (κ2) is 3.89. The Kier molecular flexibility index (Phi) is 2.60. The van der Waals surface area contributed by atoms with Crippen LogP contribution < -0.4 is 0 Å². The van der Waals surface area contributed by atoms with Crippen LogP contribution >= 0.6 is 22.7 Å². The summed E-state index contributed by atoms with van der Waals surface area (Å²) in [7, 11) is 1.37. The summed E-state index contributed by atoms with van der Waals surface area (Å²) in [5.74, 6) is -0.328. The van der Waals surface area contributed by atoms with E-state index in [1.54, 1.807) is 17.5 Å². The minimum Gasteiger partial charge on any atom is -0.465 e. The predicted octanol–water partition coefficient (Wildman–Crippen LogP) is 2.66. The van der Waals surface area contributed by atoms with Gasteiger partial charge in [-0.25, -0.2) is 9.78 Å². The number of ether oxygens (including phenoxy) is 1. The van der Waals surface area contributed by atoms with Crippen molar-refractivity contribution in [3.05, 3.63) is 28.6 Å². The molecular weight excluding hydrogens is 218 g/mol. The maximum absolute atomic E-state index is 11.1. The van der Waals surface area contributed by atoms with E-state index in [4.69, 9.17) is 0 Å². The summed E-state index contributed by atoms with van der Waals surface area (Å²) in [5, 5.41) is 2.84. The highest BCUT2D eigenvalue weighted by Gasteiger charge is 2.11. The van der Waals surface area contributed by atoms with Gasteiger partial charge in [0.15, 0.2) is 0 Å². The molecule has 14 heavy (non-hydrogen) atoms. The van der Waals surface area contributed by atoms with Crippen molar-refractivity contribution in [2.75, 3.05) is 7.11 Å². The normalized spacial score (nSPS) is 10.1. The Morgan fingerprint density at radius 3 is 3.07 bits per heavy atom. The molecule has 0 fully saturated rings. The van der Waals surface area contributed by atoms with E-state index in [1.165, 1.54) is 18.4 Å². The Morgan fingerprint density at radius 1 is 1.57 bits per heavy atom. The predicted molar refractivity (Wildman–Crippen MR) is 56.8 cm³/mol. The molecule has 0 amide bonds. The smallest absolute Gasteiger partial charge is 0.349 e. The average molecular weight is 225 g/mol. The zero-order chi connectivity index (χ0) is 9.97. The largest absolute Gasteiger partial charge is 0.465 e. The van der Waals surface area contributed by atoms with Gasteiger partial charge in [-0.05, 0) is 11.4 Å². The first-order valence-corrected chi connectivity index (χ1v) is 5.59. The fourth-order valence-electron chi connectivity index (χ4n) is 0.983. The molecule has 0 bridgehead atoms. The third-order valence-electron chi connectivity index (χ3n) is 1.62. The summed E-state index contributed by atoms with van der Waals surface area (Å²) in [6, 6.07) is 3.93. The van der Waals surface area contributed by atoms with Crippen LogP contribution in [-0.4, -0.2) is 18.1 Å². The molecule has 0 unspecified atom stereocenters. The van der Waals surface area contributed by atoms with E-state index in [-0.39, 0.29) is 5.97 Å². The summed E-state index contributed by atoms with van der Waals surface area (Å²) in [5.41, 5.74) is 0. The number of carbonyl (C=O) groups excluding carboxylic acids is 1. The van der Waals surface area contributed by atoms with E-state index in [2.05, 4.69) is 9.72 Å². The van der Waals surface area contributed by atoms with Crippen molar-refractivity contribution in [2.24, 2.45) is 0 Å². The number of thiazole rings is 1. The number of esters is 1. The summed E-state index contributed by atoms with van der Waals surface area (Å²) in [6.45, 7) is 0. The molecule has 72 valence electrons. The molecular formula is C9H7NO2S2. The summed E-state index contributed by atoms with van der Waals surface area (Å²) >= 11 is 2.95. The molecule has 2 aromatic rings. The minimum atomic E-state index is -0.328. The number of methoxy groups -OCH3 is 1. The SMILES string of the molecule is COC(=O)c1cnc(-c2cccs2)s1. The van der Waals surface area contributed by atoms with Crippen LogP contribution in [0.15, 0.2) is 23.7 Å². The lowest BCUT2D eigenvalue weighted by molar-refractivity contribution is 0.0606. The van der Waals surface area contributed by atoms with Gasteiger partial charge in [0.1, 0.15) is 9.88 Å². The van der Waals surface area contributed by atoms with Gasteiger partial charge < -0.3 is 4.74 Å². The quantitative estimate of drug-likeness (QED) is 0.737. The Bertz CT molecular complexity index is 433. The highest BCUT2D eigenvalue weighted by molar-refractivity contribution is 7.21. The third-order valence-corrected chi connectivity index (χ3v) is 3.64. The van der Waals surface area contributed by atoms with Crippen LogP contribution in [-0.2, 0) is 4.74 Å². The van der Waals surface area contributed by atoms with Crippen LogP contribution in [0.25, 0.3) is 9.88 Å². The molecule has 0 N–H and O–H groups in total. The lowest BCUT2D eigenvalue weighted by Crippen LogP contribution is -1.96. The van der Waals surface area contributed by atoms with Gasteiger partial charge in [-0.15, -0.1) is 22.7 Å². The van der Waals surface area contributed by atoms with E-state index in [0.29, 0.717) is 4.88 Å². The first-order chi connectivity index (χ1) is 6.81. The number of rotatable bonds is 2. The topological polar surface area (TPSA) is 39.2 Å². The van der Waals surface area contributed by atoms with E-state index < -0.39 is 0 Å². The van der Waals surface area contributed by atoms with Crippen LogP contribution in [0.1, 0.15) is 9.67 Å². The fraction of sp³-hybridized carbons (Fsp3) is 0.111. The van der Waals surface area contributed by atoms with Crippen molar-refractivity contribution in [1.29, 1.82) is 0 Å². The fourth-order valence-corrected chi connectivity index (χ4v) is 2.62. The Morgan fingerprint density at radius 2 is 2.43 bits per heavy atom.